The third-order valence-electron chi connectivity index (χ3n) is 19.0. The third-order valence-corrected chi connectivity index (χ3v) is 19.0. The molecule has 1 amide bonds. The van der Waals surface area contributed by atoms with Crippen molar-refractivity contribution in [2.75, 3.05) is 39.3 Å². The maximum Gasteiger partial charge on any atom is 0.306 e. The van der Waals surface area contributed by atoms with Gasteiger partial charge in [0.15, 0.2) is 5.78 Å². The first-order valence-electron chi connectivity index (χ1n) is 23.2. The van der Waals surface area contributed by atoms with E-state index in [1.807, 2.05) is 18.7 Å². The highest BCUT2D eigenvalue weighted by molar-refractivity contribution is 6.04. The van der Waals surface area contributed by atoms with Gasteiger partial charge >= 0.3 is 5.97 Å². The standard InChI is InChI=1S/C48H72N2O10/c1-28-23-34-46(58,40(28)56)25-30(27-51)24-31-39-42(3,4)48(39,41(57)29(2)47(31,34)59)60-38(55)11-9-8-10-18-49-19-21-50(22-20-49)37(54)26-45(7)33-14-16-44(6)32(12-13-35(44)52)43(33,5)17-15-36(45)53/h23-24,29,31-34,36,39,41,51,53,57-59H,8-22,25-27H2,1-7H3/t29-,31+,32?,33?,34-,36?,39-,41-,43?,44?,45?,46-,47-,48-/m1/s1. The van der Waals surface area contributed by atoms with Crippen molar-refractivity contribution in [3.8, 4) is 0 Å². The number of esters is 1. The lowest BCUT2D eigenvalue weighted by Gasteiger charge is -2.62. The van der Waals surface area contributed by atoms with Crippen LogP contribution in [0.5, 0.6) is 0 Å². The van der Waals surface area contributed by atoms with Gasteiger partial charge in [0, 0.05) is 91.8 Å². The van der Waals surface area contributed by atoms with Crippen molar-refractivity contribution in [2.45, 2.75) is 155 Å². The summed E-state index contributed by atoms with van der Waals surface area (Å²) in [5.74, 6) is -2.90. The average molecular weight is 837 g/mol. The smallest absolute Gasteiger partial charge is 0.306 e. The second-order valence-corrected chi connectivity index (χ2v) is 22.2. The molecule has 12 heteroatoms. The zero-order valence-electron chi connectivity index (χ0n) is 37.2. The first-order valence-corrected chi connectivity index (χ1v) is 23.2. The number of piperazine rings is 1. The lowest BCUT2D eigenvalue weighted by atomic mass is 9.42. The Kier molecular flexibility index (Phi) is 10.9. The first kappa shape index (κ1) is 44.1. The molecule has 1 saturated heterocycles. The molecule has 0 bridgehead atoms. The van der Waals surface area contributed by atoms with Gasteiger partial charge in [0.1, 0.15) is 17.0 Å². The van der Waals surface area contributed by atoms with Crippen LogP contribution in [0.2, 0.25) is 0 Å². The second-order valence-electron chi connectivity index (χ2n) is 22.2. The fourth-order valence-electron chi connectivity index (χ4n) is 15.5. The third kappa shape index (κ3) is 6.10. The predicted octanol–water partition coefficient (Wildman–Crippen LogP) is 4.14. The Labute approximate surface area is 356 Å². The lowest BCUT2D eigenvalue weighted by Crippen LogP contribution is -2.65. The largest absolute Gasteiger partial charge is 0.455 e. The maximum absolute atomic E-state index is 13.9. The Balaban J connectivity index is 0.817. The zero-order valence-corrected chi connectivity index (χ0v) is 37.2. The zero-order chi connectivity index (χ0) is 43.6. The molecule has 0 aromatic rings. The summed E-state index contributed by atoms with van der Waals surface area (Å²) >= 11 is 0. The molecule has 6 fully saturated rings. The van der Waals surface area contributed by atoms with Gasteiger partial charge in [-0.1, -0.05) is 60.1 Å². The van der Waals surface area contributed by atoms with Crippen LogP contribution in [-0.2, 0) is 23.9 Å². The summed E-state index contributed by atoms with van der Waals surface area (Å²) in [4.78, 5) is 58.0. The molecule has 1 heterocycles. The van der Waals surface area contributed by atoms with Crippen LogP contribution < -0.4 is 0 Å². The molecule has 334 valence electrons. The van der Waals surface area contributed by atoms with E-state index in [4.69, 9.17) is 4.74 Å². The number of rotatable bonds is 10. The number of Topliss-reactive ketones (excluding diaryl/α,β-unsaturated/α-hetero) is 2. The minimum atomic E-state index is -1.94. The first-order chi connectivity index (χ1) is 28.1. The minimum absolute atomic E-state index is 0.0509. The molecule has 14 atom stereocenters. The topological polar surface area (TPSA) is 185 Å². The van der Waals surface area contributed by atoms with E-state index < -0.39 is 81.9 Å². The summed E-state index contributed by atoms with van der Waals surface area (Å²) in [7, 11) is 0. The van der Waals surface area contributed by atoms with Gasteiger partial charge in [-0.3, -0.25) is 24.1 Å². The van der Waals surface area contributed by atoms with Crippen LogP contribution in [-0.4, -0.2) is 127 Å². The number of hydrogen-bond acceptors (Lipinski definition) is 11. The van der Waals surface area contributed by atoms with Crippen molar-refractivity contribution < 1.29 is 49.4 Å². The van der Waals surface area contributed by atoms with Gasteiger partial charge in [0.05, 0.1) is 24.4 Å². The van der Waals surface area contributed by atoms with Crippen molar-refractivity contribution in [3.63, 3.8) is 0 Å². The van der Waals surface area contributed by atoms with Gasteiger partial charge in [-0.15, -0.1) is 0 Å². The van der Waals surface area contributed by atoms with Crippen LogP contribution in [0.15, 0.2) is 23.3 Å². The summed E-state index contributed by atoms with van der Waals surface area (Å²) in [6.07, 6.45) is 9.18. The number of aliphatic hydroxyl groups is 5. The number of aliphatic hydroxyl groups excluding tert-OH is 3. The quantitative estimate of drug-likeness (QED) is 0.121. The van der Waals surface area contributed by atoms with Gasteiger partial charge in [0.25, 0.3) is 0 Å². The van der Waals surface area contributed by atoms with E-state index in [2.05, 4.69) is 25.7 Å². The number of fused-ring (bicyclic) bond motifs is 8. The molecule has 60 heavy (non-hydrogen) atoms. The Morgan fingerprint density at radius 1 is 0.900 bits per heavy atom. The van der Waals surface area contributed by atoms with Crippen molar-refractivity contribution in [1.82, 2.24) is 9.80 Å². The van der Waals surface area contributed by atoms with Gasteiger partial charge in [-0.05, 0) is 86.8 Å². The van der Waals surface area contributed by atoms with Crippen LogP contribution >= 0.6 is 0 Å². The molecule has 0 aromatic carbocycles. The number of ketones is 2. The van der Waals surface area contributed by atoms with E-state index in [0.717, 1.165) is 58.2 Å². The number of carbonyl (C=O) groups is 4. The number of hydrogen-bond donors (Lipinski definition) is 5. The minimum Gasteiger partial charge on any atom is -0.455 e. The van der Waals surface area contributed by atoms with Crippen LogP contribution in [0.25, 0.3) is 0 Å². The molecule has 8 aliphatic rings. The summed E-state index contributed by atoms with van der Waals surface area (Å²) in [6, 6.07) is 0. The number of carbonyl (C=O) groups excluding carboxylic acids is 4. The van der Waals surface area contributed by atoms with Crippen LogP contribution in [0.1, 0.15) is 126 Å². The van der Waals surface area contributed by atoms with Crippen molar-refractivity contribution in [3.05, 3.63) is 23.3 Å². The summed E-state index contributed by atoms with van der Waals surface area (Å²) in [5, 5.41) is 58.0. The van der Waals surface area contributed by atoms with Crippen LogP contribution in [0.4, 0.5) is 0 Å². The molecule has 7 aliphatic carbocycles. The fourth-order valence-corrected chi connectivity index (χ4v) is 15.5. The summed E-state index contributed by atoms with van der Waals surface area (Å²) in [6.45, 7) is 17.1. The van der Waals surface area contributed by atoms with E-state index in [1.54, 1.807) is 26.0 Å². The molecule has 5 N–H and O–H groups in total. The second kappa shape index (κ2) is 14.8. The monoisotopic (exact) mass is 837 g/mol. The Morgan fingerprint density at radius 2 is 1.60 bits per heavy atom. The number of nitrogens with zero attached hydrogens (tertiary/aromatic N) is 2. The van der Waals surface area contributed by atoms with Crippen LogP contribution in [0, 0.1) is 57.2 Å². The maximum atomic E-state index is 13.9. The molecule has 0 radical (unpaired) electrons. The van der Waals surface area contributed by atoms with E-state index in [1.165, 1.54) is 0 Å². The van der Waals surface area contributed by atoms with Gasteiger partial charge in [-0.25, -0.2) is 0 Å². The number of unbranched alkanes of at least 4 members (excludes halogenated alkanes) is 2. The van der Waals surface area contributed by atoms with Gasteiger partial charge in [-0.2, -0.15) is 0 Å². The van der Waals surface area contributed by atoms with E-state index in [9.17, 15) is 44.7 Å². The Bertz CT molecular complexity index is 1850. The molecule has 12 nitrogen and oxygen atoms in total. The molecule has 5 saturated carbocycles. The average Bonchev–Trinajstić information content (AvgIpc) is 3.41. The molecular formula is C48H72N2O10. The summed E-state index contributed by atoms with van der Waals surface area (Å²) in [5.41, 5.74) is -5.69. The fraction of sp³-hybridized carbons (Fsp3) is 0.833. The van der Waals surface area contributed by atoms with E-state index in [-0.39, 0.29) is 35.5 Å². The van der Waals surface area contributed by atoms with Crippen molar-refractivity contribution >= 4 is 23.4 Å². The molecule has 0 spiro atoms. The van der Waals surface area contributed by atoms with Crippen molar-refractivity contribution in [1.29, 1.82) is 0 Å². The van der Waals surface area contributed by atoms with Crippen LogP contribution in [0.3, 0.4) is 0 Å². The molecule has 8 rings (SSSR count). The van der Waals surface area contributed by atoms with E-state index in [0.29, 0.717) is 61.6 Å². The molecule has 0 aromatic heterocycles. The Hall–Kier alpha value is -2.48. The highest BCUT2D eigenvalue weighted by atomic mass is 16.6. The van der Waals surface area contributed by atoms with Gasteiger partial charge in [0.2, 0.25) is 5.91 Å². The van der Waals surface area contributed by atoms with Gasteiger partial charge < -0.3 is 35.2 Å². The lowest BCUT2D eigenvalue weighted by molar-refractivity contribution is -0.219. The van der Waals surface area contributed by atoms with E-state index >= 15 is 0 Å². The number of ether oxygens (including phenoxy) is 1. The highest BCUT2D eigenvalue weighted by Crippen LogP contribution is 2.76. The number of amides is 1. The molecular weight excluding hydrogens is 765 g/mol. The summed E-state index contributed by atoms with van der Waals surface area (Å²) < 4.78 is 6.28. The SMILES string of the molecule is CC1=C[C@H]2[C@@]3(O)[C@H](C)[C@@H](O)[C@]4(OC(=O)CCCCCN5CCN(C(=O)CC6(C)C(O)CCC7(C)C8CCC(=O)C8(C)CCC67)CC5)[C@H]([C@@H]3C=C(CO)C[C@]2(O)C1=O)C4(C)C. The Morgan fingerprint density at radius 3 is 2.28 bits per heavy atom. The van der Waals surface area contributed by atoms with Crippen molar-refractivity contribution in [2.24, 2.45) is 57.2 Å². The molecule has 1 aliphatic heterocycles. The highest BCUT2D eigenvalue weighted by Gasteiger charge is 2.86. The predicted molar refractivity (Wildman–Crippen MR) is 223 cm³/mol. The normalized spacial score (nSPS) is 46.9. The molecule has 6 unspecified atom stereocenters.